The average Bonchev–Trinajstić information content (AvgIpc) is 3.25. The van der Waals surface area contributed by atoms with Crippen LogP contribution in [-0.2, 0) is 21.9 Å². The van der Waals surface area contributed by atoms with Gasteiger partial charge in [-0.3, -0.25) is 4.79 Å². The normalized spacial score (nSPS) is 10.7. The van der Waals surface area contributed by atoms with E-state index < -0.39 is 12.0 Å². The van der Waals surface area contributed by atoms with Crippen molar-refractivity contribution in [2.45, 2.75) is 13.0 Å². The van der Waals surface area contributed by atoms with Crippen LogP contribution in [0, 0.1) is 0 Å². The van der Waals surface area contributed by atoms with Gasteiger partial charge in [-0.2, -0.15) is 30.3 Å². The van der Waals surface area contributed by atoms with E-state index in [9.17, 15) is 9.90 Å². The number of para-hydroxylation sites is 1. The van der Waals surface area contributed by atoms with Crippen LogP contribution in [0.5, 0.6) is 0 Å². The van der Waals surface area contributed by atoms with Crippen molar-refractivity contribution >= 4 is 17.3 Å². The fraction of sp³-hybridized carbons (Fsp3) is 0.105. The topological polar surface area (TPSA) is 40.5 Å². The van der Waals surface area contributed by atoms with Crippen LogP contribution in [0.25, 0.3) is 0 Å². The first-order valence-corrected chi connectivity index (χ1v) is 7.15. The molecule has 0 radical (unpaired) electrons. The molecule has 0 spiro atoms. The Hall–Kier alpha value is -2.29. The second-order valence-corrected chi connectivity index (χ2v) is 4.83. The minimum Gasteiger partial charge on any atom is -0.480 e. The van der Waals surface area contributed by atoms with Crippen LogP contribution in [0.1, 0.15) is 6.92 Å². The van der Waals surface area contributed by atoms with E-state index in [0.29, 0.717) is 0 Å². The van der Waals surface area contributed by atoms with Crippen LogP contribution < -0.4 is 4.90 Å². The van der Waals surface area contributed by atoms with Crippen LogP contribution in [0.3, 0.4) is 0 Å². The molecule has 0 fully saturated rings. The van der Waals surface area contributed by atoms with Gasteiger partial charge < -0.3 is 10.0 Å². The quantitative estimate of drug-likeness (QED) is 0.560. The van der Waals surface area contributed by atoms with Gasteiger partial charge >= 0.3 is 23.0 Å². The molecule has 0 aromatic heterocycles. The van der Waals surface area contributed by atoms with Crippen LogP contribution in [-0.4, -0.2) is 17.1 Å². The molecule has 0 aliphatic carbocycles. The van der Waals surface area contributed by atoms with Crippen LogP contribution in [0.2, 0.25) is 0 Å². The third kappa shape index (κ3) is 5.44. The van der Waals surface area contributed by atoms with Crippen molar-refractivity contribution in [2.24, 2.45) is 0 Å². The van der Waals surface area contributed by atoms with Crippen molar-refractivity contribution in [3.63, 3.8) is 0 Å². The Morgan fingerprint density at radius 2 is 1.61 bits per heavy atom. The maximum atomic E-state index is 11.2. The molecule has 0 unspecified atom stereocenters. The minimum atomic E-state index is -0.838. The monoisotopic (exact) mass is 349 g/mol. The number of anilines is 2. The van der Waals surface area contributed by atoms with Crippen molar-refractivity contribution in [1.82, 2.24) is 0 Å². The molecule has 3 aromatic carbocycles. The summed E-state index contributed by atoms with van der Waals surface area (Å²) in [6, 6.07) is 26.6. The number of aliphatic carboxylic acids is 1. The third-order valence-electron chi connectivity index (χ3n) is 3.26. The maximum absolute atomic E-state index is 11.2. The number of benzene rings is 1. The molecule has 120 valence electrons. The zero-order valence-electron chi connectivity index (χ0n) is 12.8. The van der Waals surface area contributed by atoms with E-state index in [1.807, 2.05) is 89.8 Å². The molecule has 1 atom stereocenters. The van der Waals surface area contributed by atoms with E-state index >= 15 is 0 Å². The van der Waals surface area contributed by atoms with Crippen LogP contribution >= 0.6 is 0 Å². The molecule has 0 bridgehead atoms. The molecule has 3 aromatic rings. The van der Waals surface area contributed by atoms with Gasteiger partial charge in [-0.15, -0.1) is 12.1 Å². The fourth-order valence-electron chi connectivity index (χ4n) is 2.14. The molecular weight excluding hydrogens is 330 g/mol. The van der Waals surface area contributed by atoms with E-state index in [-0.39, 0.29) is 17.1 Å². The Labute approximate surface area is 147 Å². The molecule has 0 saturated heterocycles. The smallest absolute Gasteiger partial charge is 0.480 e. The van der Waals surface area contributed by atoms with E-state index in [4.69, 9.17) is 0 Å². The molecule has 0 saturated carbocycles. The van der Waals surface area contributed by atoms with Gasteiger partial charge in [0, 0.05) is 0 Å². The second kappa shape index (κ2) is 9.67. The van der Waals surface area contributed by atoms with Gasteiger partial charge in [0.1, 0.15) is 6.04 Å². The summed E-state index contributed by atoms with van der Waals surface area (Å²) in [4.78, 5) is 13.0. The second-order valence-electron chi connectivity index (χ2n) is 4.83. The van der Waals surface area contributed by atoms with E-state index in [0.717, 1.165) is 11.4 Å². The van der Waals surface area contributed by atoms with Gasteiger partial charge in [0.25, 0.3) is 0 Å². The Morgan fingerprint density at radius 1 is 1.04 bits per heavy atom. The Kier molecular flexibility index (Phi) is 7.89. The van der Waals surface area contributed by atoms with Crippen LogP contribution in [0.15, 0.2) is 84.9 Å². The van der Waals surface area contributed by atoms with Crippen LogP contribution in [0.4, 0.5) is 11.4 Å². The first kappa shape index (κ1) is 18.8. The zero-order valence-corrected chi connectivity index (χ0v) is 13.9. The summed E-state index contributed by atoms with van der Waals surface area (Å²) >= 11 is 0. The Bertz CT molecular complexity index is 631. The summed E-state index contributed by atoms with van der Waals surface area (Å²) in [6.45, 7) is 1.68. The molecule has 1 N–H and O–H groups in total. The van der Waals surface area contributed by atoms with Gasteiger partial charge in [0.05, 0.1) is 0 Å². The summed E-state index contributed by atoms with van der Waals surface area (Å²) in [7, 11) is 0. The van der Waals surface area contributed by atoms with Gasteiger partial charge in [-0.1, -0.05) is 36.0 Å². The minimum absolute atomic E-state index is 0. The van der Waals surface area contributed by atoms with Crippen molar-refractivity contribution < 1.29 is 27.0 Å². The molecule has 3 nitrogen and oxygen atoms in total. The van der Waals surface area contributed by atoms with Crippen molar-refractivity contribution in [2.75, 3.05) is 4.90 Å². The molecule has 23 heavy (non-hydrogen) atoms. The number of rotatable bonds is 4. The number of carboxylic acid groups (broad SMARTS) is 1. The van der Waals surface area contributed by atoms with Crippen molar-refractivity contribution in [3.8, 4) is 0 Å². The van der Waals surface area contributed by atoms with E-state index in [2.05, 4.69) is 0 Å². The summed E-state index contributed by atoms with van der Waals surface area (Å²) < 4.78 is 0. The molecule has 0 amide bonds. The first-order chi connectivity index (χ1) is 10.7. The van der Waals surface area contributed by atoms with Crippen molar-refractivity contribution in [3.05, 3.63) is 84.9 Å². The summed E-state index contributed by atoms with van der Waals surface area (Å²) in [5.74, 6) is -0.838. The molecule has 4 heteroatoms. The van der Waals surface area contributed by atoms with Gasteiger partial charge in [0.2, 0.25) is 0 Å². The number of hydrogen-bond acceptors (Lipinski definition) is 2. The molecule has 0 aliphatic heterocycles. The molecule has 3 rings (SSSR count). The first-order valence-electron chi connectivity index (χ1n) is 7.15. The Balaban J connectivity index is 0.000000377. The van der Waals surface area contributed by atoms with E-state index in [1.54, 1.807) is 6.92 Å². The predicted molar refractivity (Wildman–Crippen MR) is 89.7 cm³/mol. The van der Waals surface area contributed by atoms with Gasteiger partial charge in [-0.25, -0.2) is 12.1 Å². The third-order valence-corrected chi connectivity index (χ3v) is 3.26. The summed E-state index contributed by atoms with van der Waals surface area (Å²) in [5.41, 5.74) is 1.78. The number of carbonyl (C=O) groups is 1. The van der Waals surface area contributed by atoms with Crippen molar-refractivity contribution in [1.29, 1.82) is 0 Å². The molecular formula is C19H19FeNO2. The summed E-state index contributed by atoms with van der Waals surface area (Å²) in [6.07, 6.45) is 0. The van der Waals surface area contributed by atoms with Gasteiger partial charge in [0.15, 0.2) is 0 Å². The Morgan fingerprint density at radius 3 is 2.04 bits per heavy atom. The summed E-state index contributed by atoms with van der Waals surface area (Å²) in [5, 5.41) is 9.17. The average molecular weight is 349 g/mol. The van der Waals surface area contributed by atoms with Gasteiger partial charge in [-0.05, 0) is 12.6 Å². The van der Waals surface area contributed by atoms with E-state index in [1.165, 1.54) is 0 Å². The molecule has 0 heterocycles. The maximum Gasteiger partial charge on any atom is 2.00 e. The fourth-order valence-corrected chi connectivity index (χ4v) is 2.14. The zero-order chi connectivity index (χ0) is 15.8. The standard InChI is InChI=1S/C14H14NO2.C5H5.Fe/c1-11(14(16)17)15(13-9-5-6-10-13)12-7-3-2-4-8-12;1-2-4-5-3-1;/h2-11H,1H3,(H,16,17);1-5H;/q2*-1;+2/t11-;;/m0../s1. The predicted octanol–water partition coefficient (Wildman–Crippen LogP) is 4.42. The number of hydrogen-bond donors (Lipinski definition) is 1. The number of nitrogens with zero attached hydrogens (tertiary/aromatic N) is 1. The largest absolute Gasteiger partial charge is 2.00 e. The number of carboxylic acids is 1. The molecule has 0 aliphatic rings. The SMILES string of the molecule is C[C@@H](C(=O)O)N(c1ccccc1)[c-]1cccc1.[Fe+2].c1cc[cH-]c1.